The van der Waals surface area contributed by atoms with Crippen molar-refractivity contribution in [3.8, 4) is 0 Å². The van der Waals surface area contributed by atoms with E-state index in [1.165, 1.54) is 10.5 Å². The van der Waals surface area contributed by atoms with Gasteiger partial charge in [-0.25, -0.2) is 0 Å². The Morgan fingerprint density at radius 3 is 2.58 bits per heavy atom. The number of aryl methyl sites for hydroxylation is 1. The van der Waals surface area contributed by atoms with Crippen LogP contribution in [-0.2, 0) is 0 Å². The van der Waals surface area contributed by atoms with Crippen LogP contribution in [0.3, 0.4) is 0 Å². The number of rotatable bonds is 5. The highest BCUT2D eigenvalue weighted by atomic mass is 35.5. The summed E-state index contributed by atoms with van der Waals surface area (Å²) in [6.07, 6.45) is 0. The molecule has 2 aromatic carbocycles. The molecule has 3 N–H and O–H groups in total. The van der Waals surface area contributed by atoms with Gasteiger partial charge in [0.2, 0.25) is 0 Å². The van der Waals surface area contributed by atoms with Crippen molar-refractivity contribution in [2.75, 3.05) is 5.75 Å². The Balaban J connectivity index is 2.01. The molecule has 0 radical (unpaired) electrons. The lowest BCUT2D eigenvalue weighted by Gasteiger charge is -2.16. The molecule has 2 nitrogen and oxygen atoms in total. The maximum atomic E-state index is 6.01. The Hall–Kier alpha value is -1.00. The molecule has 0 saturated heterocycles. The summed E-state index contributed by atoms with van der Waals surface area (Å²) in [5.74, 6) is 6.50. The minimum atomic E-state index is 0.0880. The number of halogens is 1. The molecule has 1 atom stereocenters. The molecule has 0 heterocycles. The summed E-state index contributed by atoms with van der Waals surface area (Å²) in [6.45, 7) is 2.09. The summed E-state index contributed by atoms with van der Waals surface area (Å²) in [4.78, 5) is 1.24. The fraction of sp³-hybridized carbons (Fsp3) is 0.200. The molecule has 0 aliphatic carbocycles. The standard InChI is InChI=1S/C15H17ClN2S/c1-11-5-7-14(8-6-11)19-10-15(18-17)12-3-2-4-13(16)9-12/h2-9,15,18H,10,17H2,1H3. The van der Waals surface area contributed by atoms with E-state index in [4.69, 9.17) is 17.4 Å². The molecule has 0 saturated carbocycles. The molecule has 0 fully saturated rings. The van der Waals surface area contributed by atoms with Crippen LogP contribution >= 0.6 is 23.4 Å². The van der Waals surface area contributed by atoms with E-state index in [1.54, 1.807) is 11.8 Å². The highest BCUT2D eigenvalue weighted by Crippen LogP contribution is 2.25. The number of nitrogens with one attached hydrogen (secondary N) is 1. The largest absolute Gasteiger partial charge is 0.271 e. The Morgan fingerprint density at radius 1 is 1.21 bits per heavy atom. The van der Waals surface area contributed by atoms with Crippen molar-refractivity contribution >= 4 is 23.4 Å². The zero-order valence-electron chi connectivity index (χ0n) is 10.8. The molecule has 0 amide bonds. The number of hydrogen-bond acceptors (Lipinski definition) is 3. The first kappa shape index (κ1) is 14.4. The van der Waals surface area contributed by atoms with Gasteiger partial charge in [0.15, 0.2) is 0 Å². The Labute approximate surface area is 123 Å². The van der Waals surface area contributed by atoms with Crippen LogP contribution in [0.4, 0.5) is 0 Å². The third-order valence-corrected chi connectivity index (χ3v) is 4.23. The van der Waals surface area contributed by atoms with E-state index < -0.39 is 0 Å². The summed E-state index contributed by atoms with van der Waals surface area (Å²) in [7, 11) is 0. The van der Waals surface area contributed by atoms with E-state index in [0.717, 1.165) is 16.3 Å². The first-order valence-electron chi connectivity index (χ1n) is 6.10. The number of hydrogen-bond donors (Lipinski definition) is 2. The van der Waals surface area contributed by atoms with Gasteiger partial charge in [-0.1, -0.05) is 41.4 Å². The van der Waals surface area contributed by atoms with Crippen LogP contribution in [-0.4, -0.2) is 5.75 Å². The van der Waals surface area contributed by atoms with Gasteiger partial charge in [0.25, 0.3) is 0 Å². The molecule has 100 valence electrons. The quantitative estimate of drug-likeness (QED) is 0.498. The third-order valence-electron chi connectivity index (χ3n) is 2.89. The minimum Gasteiger partial charge on any atom is -0.271 e. The van der Waals surface area contributed by atoms with Crippen molar-refractivity contribution in [2.45, 2.75) is 17.9 Å². The molecule has 4 heteroatoms. The fourth-order valence-corrected chi connectivity index (χ4v) is 2.95. The van der Waals surface area contributed by atoms with Gasteiger partial charge in [0.05, 0.1) is 6.04 Å². The van der Waals surface area contributed by atoms with Gasteiger partial charge in [0, 0.05) is 15.7 Å². The van der Waals surface area contributed by atoms with Crippen molar-refractivity contribution < 1.29 is 0 Å². The van der Waals surface area contributed by atoms with Gasteiger partial charge in [-0.15, -0.1) is 11.8 Å². The van der Waals surface area contributed by atoms with Crippen LogP contribution in [0.25, 0.3) is 0 Å². The molecule has 0 bridgehead atoms. The Bertz CT molecular complexity index is 528. The van der Waals surface area contributed by atoms with Gasteiger partial charge in [-0.2, -0.15) is 0 Å². The van der Waals surface area contributed by atoms with Crippen molar-refractivity contribution in [3.05, 3.63) is 64.7 Å². The van der Waals surface area contributed by atoms with Gasteiger partial charge >= 0.3 is 0 Å². The normalized spacial score (nSPS) is 12.4. The van der Waals surface area contributed by atoms with Crippen molar-refractivity contribution in [2.24, 2.45) is 5.84 Å². The summed E-state index contributed by atoms with van der Waals surface area (Å²) < 4.78 is 0. The maximum Gasteiger partial charge on any atom is 0.0554 e. The lowest BCUT2D eigenvalue weighted by molar-refractivity contribution is 0.611. The topological polar surface area (TPSA) is 38.0 Å². The van der Waals surface area contributed by atoms with Crippen molar-refractivity contribution in [1.82, 2.24) is 5.43 Å². The van der Waals surface area contributed by atoms with Gasteiger partial charge in [-0.3, -0.25) is 11.3 Å². The van der Waals surface area contributed by atoms with Crippen LogP contribution < -0.4 is 11.3 Å². The number of hydrazine groups is 1. The molecule has 2 rings (SSSR count). The molecule has 0 spiro atoms. The smallest absolute Gasteiger partial charge is 0.0554 e. The van der Waals surface area contributed by atoms with Crippen LogP contribution in [0.1, 0.15) is 17.2 Å². The zero-order valence-corrected chi connectivity index (χ0v) is 12.3. The Kier molecular flexibility index (Phi) is 5.28. The van der Waals surface area contributed by atoms with Gasteiger partial charge in [0.1, 0.15) is 0 Å². The molecule has 0 aromatic heterocycles. The fourth-order valence-electron chi connectivity index (χ4n) is 1.78. The second-order valence-electron chi connectivity index (χ2n) is 4.40. The van der Waals surface area contributed by atoms with E-state index in [0.29, 0.717) is 0 Å². The third kappa shape index (κ3) is 4.25. The summed E-state index contributed by atoms with van der Waals surface area (Å²) in [5.41, 5.74) is 5.22. The lowest BCUT2D eigenvalue weighted by Crippen LogP contribution is -2.29. The first-order chi connectivity index (χ1) is 9.19. The van der Waals surface area contributed by atoms with Crippen LogP contribution in [0, 0.1) is 6.92 Å². The minimum absolute atomic E-state index is 0.0880. The zero-order chi connectivity index (χ0) is 13.7. The lowest BCUT2D eigenvalue weighted by atomic mass is 10.1. The summed E-state index contributed by atoms with van der Waals surface area (Å²) in [5, 5.41) is 0.734. The number of thioether (sulfide) groups is 1. The molecular formula is C15H17ClN2S. The predicted octanol–water partition coefficient (Wildman–Crippen LogP) is 3.95. The molecule has 1 unspecified atom stereocenters. The SMILES string of the molecule is Cc1ccc(SCC(NN)c2cccc(Cl)c2)cc1. The van der Waals surface area contributed by atoms with Gasteiger partial charge < -0.3 is 0 Å². The van der Waals surface area contributed by atoms with Gasteiger partial charge in [-0.05, 0) is 36.8 Å². The average molecular weight is 293 g/mol. The van der Waals surface area contributed by atoms with E-state index >= 15 is 0 Å². The average Bonchev–Trinajstić information content (AvgIpc) is 2.42. The Morgan fingerprint density at radius 2 is 1.95 bits per heavy atom. The van der Waals surface area contributed by atoms with E-state index in [9.17, 15) is 0 Å². The highest BCUT2D eigenvalue weighted by Gasteiger charge is 2.10. The summed E-state index contributed by atoms with van der Waals surface area (Å²) >= 11 is 7.78. The van der Waals surface area contributed by atoms with E-state index in [2.05, 4.69) is 36.6 Å². The predicted molar refractivity (Wildman–Crippen MR) is 83.4 cm³/mol. The van der Waals surface area contributed by atoms with Crippen LogP contribution in [0.15, 0.2) is 53.4 Å². The summed E-state index contributed by atoms with van der Waals surface area (Å²) in [6, 6.07) is 16.4. The molecule has 0 aliphatic heterocycles. The highest BCUT2D eigenvalue weighted by molar-refractivity contribution is 7.99. The molecular weight excluding hydrogens is 276 g/mol. The van der Waals surface area contributed by atoms with E-state index in [1.807, 2.05) is 24.3 Å². The van der Waals surface area contributed by atoms with Crippen LogP contribution in [0.5, 0.6) is 0 Å². The van der Waals surface area contributed by atoms with E-state index in [-0.39, 0.29) is 6.04 Å². The molecule has 0 aliphatic rings. The van der Waals surface area contributed by atoms with Crippen molar-refractivity contribution in [3.63, 3.8) is 0 Å². The second-order valence-corrected chi connectivity index (χ2v) is 5.93. The second kappa shape index (κ2) is 6.96. The molecule has 2 aromatic rings. The first-order valence-corrected chi connectivity index (χ1v) is 7.46. The van der Waals surface area contributed by atoms with Crippen LogP contribution in [0.2, 0.25) is 5.02 Å². The monoisotopic (exact) mass is 292 g/mol. The number of benzene rings is 2. The molecule has 19 heavy (non-hydrogen) atoms. The van der Waals surface area contributed by atoms with Crippen molar-refractivity contribution in [1.29, 1.82) is 0 Å². The number of nitrogens with two attached hydrogens (primary N) is 1. The maximum absolute atomic E-state index is 6.01.